The highest BCUT2D eigenvalue weighted by Crippen LogP contribution is 2.12. The molecule has 0 bridgehead atoms. The predicted molar refractivity (Wildman–Crippen MR) is 82.2 cm³/mol. The molecule has 0 atom stereocenters. The van der Waals surface area contributed by atoms with Crippen LogP contribution < -0.4 is 10.6 Å². The number of anilines is 2. The minimum atomic E-state index is -0.203. The second-order valence-corrected chi connectivity index (χ2v) is 4.56. The van der Waals surface area contributed by atoms with Gasteiger partial charge in [-0.1, -0.05) is 31.5 Å². The Hall–Kier alpha value is -2.36. The van der Waals surface area contributed by atoms with E-state index in [1.54, 1.807) is 19.2 Å². The molecular weight excluding hydrogens is 250 g/mol. The van der Waals surface area contributed by atoms with Gasteiger partial charge in [-0.3, -0.25) is 4.79 Å². The van der Waals surface area contributed by atoms with Crippen LogP contribution in [-0.4, -0.2) is 17.9 Å². The molecule has 1 aromatic carbocycles. The van der Waals surface area contributed by atoms with Crippen LogP contribution in [0.3, 0.4) is 0 Å². The summed E-state index contributed by atoms with van der Waals surface area (Å²) in [5, 5.41) is 5.77. The smallest absolute Gasteiger partial charge is 0.274 e. The Morgan fingerprint density at radius 2 is 1.90 bits per heavy atom. The highest BCUT2D eigenvalue weighted by Gasteiger charge is 2.08. The molecule has 4 heteroatoms. The number of carbonyl (C=O) groups excluding carboxylic acids is 1. The van der Waals surface area contributed by atoms with E-state index in [9.17, 15) is 4.79 Å². The number of hydrogen-bond donors (Lipinski definition) is 2. The second-order valence-electron chi connectivity index (χ2n) is 4.56. The minimum absolute atomic E-state index is 0.203. The van der Waals surface area contributed by atoms with Crippen LogP contribution in [0, 0.1) is 0 Å². The van der Waals surface area contributed by atoms with Crippen molar-refractivity contribution in [3.8, 4) is 0 Å². The fourth-order valence-corrected chi connectivity index (χ4v) is 1.94. The van der Waals surface area contributed by atoms with Gasteiger partial charge in [0.2, 0.25) is 0 Å². The second kappa shape index (κ2) is 6.70. The highest BCUT2D eigenvalue weighted by molar-refractivity contribution is 6.03. The quantitative estimate of drug-likeness (QED) is 0.875. The zero-order chi connectivity index (χ0) is 14.4. The van der Waals surface area contributed by atoms with E-state index in [1.165, 1.54) is 5.56 Å². The Kier molecular flexibility index (Phi) is 4.71. The largest absolute Gasteiger partial charge is 0.373 e. The van der Waals surface area contributed by atoms with E-state index in [2.05, 4.69) is 22.5 Å². The summed E-state index contributed by atoms with van der Waals surface area (Å²) in [7, 11) is 1.77. The van der Waals surface area contributed by atoms with Crippen LogP contribution in [0.15, 0.2) is 42.5 Å². The summed E-state index contributed by atoms with van der Waals surface area (Å²) in [4.78, 5) is 16.3. The highest BCUT2D eigenvalue weighted by atomic mass is 16.1. The maximum atomic E-state index is 12.1. The van der Waals surface area contributed by atoms with Crippen LogP contribution in [0.4, 0.5) is 11.5 Å². The molecule has 0 radical (unpaired) electrons. The topological polar surface area (TPSA) is 54.0 Å². The zero-order valence-corrected chi connectivity index (χ0v) is 11.8. The van der Waals surface area contributed by atoms with Crippen molar-refractivity contribution in [1.82, 2.24) is 4.98 Å². The van der Waals surface area contributed by atoms with E-state index < -0.39 is 0 Å². The average Bonchev–Trinajstić information content (AvgIpc) is 2.49. The third-order valence-corrected chi connectivity index (χ3v) is 2.99. The lowest BCUT2D eigenvalue weighted by molar-refractivity contribution is 0.102. The van der Waals surface area contributed by atoms with Gasteiger partial charge < -0.3 is 10.6 Å². The molecule has 0 unspecified atom stereocenters. The molecule has 0 aliphatic rings. The number of nitrogens with zero attached hydrogens (tertiary/aromatic N) is 1. The van der Waals surface area contributed by atoms with Crippen LogP contribution >= 0.6 is 0 Å². The molecule has 20 heavy (non-hydrogen) atoms. The van der Waals surface area contributed by atoms with Crippen molar-refractivity contribution in [3.63, 3.8) is 0 Å². The number of amides is 1. The molecule has 0 aliphatic heterocycles. The van der Waals surface area contributed by atoms with Crippen LogP contribution in [0.2, 0.25) is 0 Å². The van der Waals surface area contributed by atoms with Crippen molar-refractivity contribution in [3.05, 3.63) is 53.7 Å². The van der Waals surface area contributed by atoms with Gasteiger partial charge in [-0.05, 0) is 36.2 Å². The number of nitrogens with one attached hydrogen (secondary N) is 2. The van der Waals surface area contributed by atoms with E-state index in [1.807, 2.05) is 30.3 Å². The number of pyridine rings is 1. The molecule has 2 N–H and O–H groups in total. The van der Waals surface area contributed by atoms with Crippen molar-refractivity contribution in [2.45, 2.75) is 19.8 Å². The Labute approximate surface area is 119 Å². The maximum absolute atomic E-state index is 12.1. The van der Waals surface area contributed by atoms with Crippen molar-refractivity contribution in [2.24, 2.45) is 0 Å². The summed E-state index contributed by atoms with van der Waals surface area (Å²) in [6.45, 7) is 2.15. The SMILES string of the molecule is CCCc1ccc(NC(=O)c2cccc(NC)n2)cc1. The number of aryl methyl sites for hydroxylation is 1. The Morgan fingerprint density at radius 1 is 1.15 bits per heavy atom. The molecule has 0 aliphatic carbocycles. The lowest BCUT2D eigenvalue weighted by Crippen LogP contribution is -2.14. The summed E-state index contributed by atoms with van der Waals surface area (Å²) in [6.07, 6.45) is 2.17. The molecule has 0 spiro atoms. The first-order valence-corrected chi connectivity index (χ1v) is 6.78. The van der Waals surface area contributed by atoms with Gasteiger partial charge in [0, 0.05) is 12.7 Å². The monoisotopic (exact) mass is 269 g/mol. The van der Waals surface area contributed by atoms with Crippen LogP contribution in [0.25, 0.3) is 0 Å². The summed E-state index contributed by atoms with van der Waals surface area (Å²) in [6, 6.07) is 13.2. The molecule has 1 amide bonds. The van der Waals surface area contributed by atoms with Gasteiger partial charge in [-0.25, -0.2) is 4.98 Å². The van der Waals surface area contributed by atoms with Crippen molar-refractivity contribution >= 4 is 17.4 Å². The third-order valence-electron chi connectivity index (χ3n) is 2.99. The molecule has 1 heterocycles. The van der Waals surface area contributed by atoms with Crippen molar-refractivity contribution in [1.29, 1.82) is 0 Å². The first-order valence-electron chi connectivity index (χ1n) is 6.78. The van der Waals surface area contributed by atoms with E-state index in [-0.39, 0.29) is 5.91 Å². The molecule has 0 fully saturated rings. The molecule has 1 aromatic heterocycles. The molecule has 2 rings (SSSR count). The van der Waals surface area contributed by atoms with Crippen LogP contribution in [0.1, 0.15) is 29.4 Å². The normalized spacial score (nSPS) is 10.1. The molecule has 0 saturated carbocycles. The molecular formula is C16H19N3O. The van der Waals surface area contributed by atoms with Gasteiger partial charge in [0.05, 0.1) is 0 Å². The first kappa shape index (κ1) is 14.1. The minimum Gasteiger partial charge on any atom is -0.373 e. The van der Waals surface area contributed by atoms with E-state index >= 15 is 0 Å². The lowest BCUT2D eigenvalue weighted by atomic mass is 10.1. The summed E-state index contributed by atoms with van der Waals surface area (Å²) < 4.78 is 0. The van der Waals surface area contributed by atoms with Gasteiger partial charge in [0.1, 0.15) is 11.5 Å². The van der Waals surface area contributed by atoms with Gasteiger partial charge in [-0.2, -0.15) is 0 Å². The number of carbonyl (C=O) groups is 1. The Balaban J connectivity index is 2.06. The molecule has 4 nitrogen and oxygen atoms in total. The average molecular weight is 269 g/mol. The third kappa shape index (κ3) is 3.57. The number of rotatable bonds is 5. The fourth-order valence-electron chi connectivity index (χ4n) is 1.94. The van der Waals surface area contributed by atoms with Gasteiger partial charge in [-0.15, -0.1) is 0 Å². The number of hydrogen-bond acceptors (Lipinski definition) is 3. The van der Waals surface area contributed by atoms with E-state index in [0.717, 1.165) is 18.5 Å². The van der Waals surface area contributed by atoms with Crippen LogP contribution in [0.5, 0.6) is 0 Å². The summed E-state index contributed by atoms with van der Waals surface area (Å²) in [5.41, 5.74) is 2.46. The van der Waals surface area contributed by atoms with Crippen molar-refractivity contribution in [2.75, 3.05) is 17.7 Å². The fraction of sp³-hybridized carbons (Fsp3) is 0.250. The summed E-state index contributed by atoms with van der Waals surface area (Å²) >= 11 is 0. The Bertz CT molecular complexity index is 579. The van der Waals surface area contributed by atoms with E-state index in [4.69, 9.17) is 0 Å². The molecule has 2 aromatic rings. The lowest BCUT2D eigenvalue weighted by Gasteiger charge is -2.07. The first-order chi connectivity index (χ1) is 9.72. The van der Waals surface area contributed by atoms with Crippen LogP contribution in [-0.2, 0) is 6.42 Å². The number of aromatic nitrogens is 1. The number of benzene rings is 1. The molecule has 0 saturated heterocycles. The predicted octanol–water partition coefficient (Wildman–Crippen LogP) is 3.33. The zero-order valence-electron chi connectivity index (χ0n) is 11.8. The summed E-state index contributed by atoms with van der Waals surface area (Å²) in [5.74, 6) is 0.473. The standard InChI is InChI=1S/C16H19N3O/c1-3-5-12-8-10-13(11-9-12)18-16(20)14-6-4-7-15(17-2)19-14/h4,6-11H,3,5H2,1-2H3,(H,17,19)(H,18,20). The Morgan fingerprint density at radius 3 is 2.55 bits per heavy atom. The maximum Gasteiger partial charge on any atom is 0.274 e. The van der Waals surface area contributed by atoms with Crippen molar-refractivity contribution < 1.29 is 4.79 Å². The van der Waals surface area contributed by atoms with Gasteiger partial charge in [0.15, 0.2) is 0 Å². The van der Waals surface area contributed by atoms with Gasteiger partial charge in [0.25, 0.3) is 5.91 Å². The molecule has 104 valence electrons. The van der Waals surface area contributed by atoms with Gasteiger partial charge >= 0.3 is 0 Å². The van der Waals surface area contributed by atoms with E-state index in [0.29, 0.717) is 11.5 Å².